The molecule has 16 heteroatoms. The number of allylic oxidation sites excluding steroid dienone is 1. The van der Waals surface area contributed by atoms with Crippen LogP contribution in [0.5, 0.6) is 5.88 Å². The quantitative estimate of drug-likeness (QED) is 0.205. The van der Waals surface area contributed by atoms with Crippen LogP contribution in [-0.2, 0) is 29.1 Å². The van der Waals surface area contributed by atoms with Crippen molar-refractivity contribution in [3.05, 3.63) is 66.7 Å². The molecule has 8 rings (SSSR count). The summed E-state index contributed by atoms with van der Waals surface area (Å²) in [4.78, 5) is 67.1. The molecule has 1 saturated heterocycles. The third-order valence-electron chi connectivity index (χ3n) is 11.0. The van der Waals surface area contributed by atoms with Crippen LogP contribution < -0.4 is 20.1 Å². The number of carbonyl (C=O) groups is 4. The number of carbonyl (C=O) groups excluding carboxylic acids is 4. The van der Waals surface area contributed by atoms with Gasteiger partial charge < -0.3 is 29.4 Å². The number of ether oxygens (including phenoxy) is 2. The van der Waals surface area contributed by atoms with E-state index < -0.39 is 74.3 Å². The SMILES string of the molecule is CC(C)(C)OC(=O)N[C@H]1CCCCCC=C[C@@H]2C[C@@]2(C(=O)NS(=O)(=O)C2CC2)NC(=O)[C@@H]2C[C@@H](Oc3nc(-c4ccccc4)nc4c3oc3ccccc34)CN2C1=O. The van der Waals surface area contributed by atoms with Crippen molar-refractivity contribution in [2.45, 2.75) is 113 Å². The zero-order valence-corrected chi connectivity index (χ0v) is 33.5. The number of rotatable bonds is 7. The van der Waals surface area contributed by atoms with E-state index in [9.17, 15) is 27.6 Å². The number of fused-ring (bicyclic) bond motifs is 5. The fourth-order valence-corrected chi connectivity index (χ4v) is 9.18. The molecule has 5 atom stereocenters. The standard InChI is InChI=1S/C42H48N6O9S/c1-41(2,3)57-40(52)43-30-18-11-6-4-5-10-16-26-23-42(26,39(51)47-58(53,54)28-20-21-28)46-36(49)31-22-27(24-48(31)38(30)50)55-37-34-33(29-17-12-13-19-32(29)56-34)44-35(45-37)25-14-8-7-9-15-25/h7-10,12-17,19,26-28,30-31H,4-6,11,18,20-24H2,1-3H3,(H,43,52)(H,46,49)(H,47,51)/t26-,27-,30+,31+,42-/m1/s1. The number of hydrogen-bond acceptors (Lipinski definition) is 11. The Hall–Kier alpha value is -5.51. The van der Waals surface area contributed by atoms with E-state index in [1.807, 2.05) is 66.7 Å². The number of hydrogen-bond donors (Lipinski definition) is 3. The van der Waals surface area contributed by atoms with Crippen LogP contribution in [0.15, 0.2) is 71.2 Å². The molecule has 2 aromatic carbocycles. The number of amides is 4. The van der Waals surface area contributed by atoms with Gasteiger partial charge in [-0.15, -0.1) is 0 Å². The third kappa shape index (κ3) is 8.24. The predicted molar refractivity (Wildman–Crippen MR) is 214 cm³/mol. The lowest BCUT2D eigenvalue weighted by Crippen LogP contribution is -2.58. The minimum atomic E-state index is -3.92. The Kier molecular flexibility index (Phi) is 10.4. The monoisotopic (exact) mass is 812 g/mol. The second-order valence-corrected chi connectivity index (χ2v) is 18.6. The van der Waals surface area contributed by atoms with Crippen LogP contribution in [0.25, 0.3) is 33.5 Å². The van der Waals surface area contributed by atoms with E-state index >= 15 is 0 Å². The minimum Gasteiger partial charge on any atom is -0.470 e. The van der Waals surface area contributed by atoms with Crippen LogP contribution in [0.1, 0.15) is 78.6 Å². The number of nitrogens with zero attached hydrogens (tertiary/aromatic N) is 3. The first-order chi connectivity index (χ1) is 27.7. The zero-order chi connectivity index (χ0) is 40.8. The molecule has 4 aromatic rings. The van der Waals surface area contributed by atoms with Gasteiger partial charge in [-0.25, -0.2) is 18.2 Å². The lowest BCUT2D eigenvalue weighted by Gasteiger charge is -2.30. The van der Waals surface area contributed by atoms with Gasteiger partial charge in [0, 0.05) is 23.3 Å². The highest BCUT2D eigenvalue weighted by Gasteiger charge is 2.62. The van der Waals surface area contributed by atoms with Gasteiger partial charge >= 0.3 is 6.09 Å². The fourth-order valence-electron chi connectivity index (χ4n) is 7.82. The number of furan rings is 1. The van der Waals surface area contributed by atoms with E-state index in [0.717, 1.165) is 23.8 Å². The molecule has 3 N–H and O–H groups in total. The van der Waals surface area contributed by atoms with Gasteiger partial charge in [-0.3, -0.25) is 19.1 Å². The van der Waals surface area contributed by atoms with Crippen molar-refractivity contribution in [2.24, 2.45) is 5.92 Å². The molecular formula is C42H48N6O9S. The van der Waals surface area contributed by atoms with E-state index in [-0.39, 0.29) is 31.7 Å². The van der Waals surface area contributed by atoms with Gasteiger partial charge in [0.15, 0.2) is 5.82 Å². The minimum absolute atomic E-state index is 0.0122. The maximum atomic E-state index is 14.7. The molecule has 2 aliphatic heterocycles. The number of nitrogens with one attached hydrogen (secondary N) is 3. The summed E-state index contributed by atoms with van der Waals surface area (Å²) >= 11 is 0. The van der Waals surface area contributed by atoms with Crippen molar-refractivity contribution in [1.82, 2.24) is 30.2 Å². The van der Waals surface area contributed by atoms with E-state index in [2.05, 4.69) is 15.4 Å². The van der Waals surface area contributed by atoms with Crippen molar-refractivity contribution < 1.29 is 41.5 Å². The topological polar surface area (TPSA) is 199 Å². The lowest BCUT2D eigenvalue weighted by atomic mass is 10.0. The molecule has 0 radical (unpaired) electrons. The van der Waals surface area contributed by atoms with E-state index in [4.69, 9.17) is 23.9 Å². The average Bonchev–Trinajstić information content (AvgIpc) is 4.08. The molecule has 0 spiro atoms. The van der Waals surface area contributed by atoms with Gasteiger partial charge in [-0.05, 0) is 71.4 Å². The Morgan fingerprint density at radius 3 is 2.50 bits per heavy atom. The van der Waals surface area contributed by atoms with Crippen LogP contribution in [0.3, 0.4) is 0 Å². The smallest absolute Gasteiger partial charge is 0.408 e. The Morgan fingerprint density at radius 1 is 0.983 bits per heavy atom. The summed E-state index contributed by atoms with van der Waals surface area (Å²) in [5.41, 5.74) is -0.212. The Morgan fingerprint density at radius 2 is 1.74 bits per heavy atom. The largest absolute Gasteiger partial charge is 0.470 e. The Balaban J connectivity index is 1.14. The number of sulfonamides is 1. The zero-order valence-electron chi connectivity index (χ0n) is 32.7. The van der Waals surface area contributed by atoms with Crippen LogP contribution in [0.4, 0.5) is 4.79 Å². The van der Waals surface area contributed by atoms with Gasteiger partial charge in [-0.2, -0.15) is 4.98 Å². The molecule has 4 amide bonds. The molecule has 4 heterocycles. The summed E-state index contributed by atoms with van der Waals surface area (Å²) in [7, 11) is -3.92. The van der Waals surface area contributed by atoms with Crippen molar-refractivity contribution in [1.29, 1.82) is 0 Å². The average molecular weight is 813 g/mol. The van der Waals surface area contributed by atoms with Crippen LogP contribution >= 0.6 is 0 Å². The van der Waals surface area contributed by atoms with Crippen molar-refractivity contribution in [3.8, 4) is 17.3 Å². The summed E-state index contributed by atoms with van der Waals surface area (Å²) in [6, 6.07) is 14.6. The van der Waals surface area contributed by atoms with E-state index in [1.54, 1.807) is 20.8 Å². The highest BCUT2D eigenvalue weighted by Crippen LogP contribution is 2.46. The number of aromatic nitrogens is 2. The van der Waals surface area contributed by atoms with E-state index in [1.165, 1.54) is 4.90 Å². The van der Waals surface area contributed by atoms with Gasteiger partial charge in [0.25, 0.3) is 11.8 Å². The Labute approximate surface area is 336 Å². The van der Waals surface area contributed by atoms with Crippen LogP contribution in [-0.4, -0.2) is 88.2 Å². The van der Waals surface area contributed by atoms with Gasteiger partial charge in [0.2, 0.25) is 27.4 Å². The Bertz CT molecular complexity index is 2390. The second-order valence-electron chi connectivity index (χ2n) is 16.7. The fraction of sp³-hybridized carbons (Fsp3) is 0.476. The highest BCUT2D eigenvalue weighted by atomic mass is 32.2. The van der Waals surface area contributed by atoms with Crippen molar-refractivity contribution in [3.63, 3.8) is 0 Å². The first kappa shape index (κ1) is 39.3. The lowest BCUT2D eigenvalue weighted by molar-refractivity contribution is -0.141. The molecule has 2 aromatic heterocycles. The van der Waals surface area contributed by atoms with Gasteiger partial charge in [0.05, 0.1) is 11.8 Å². The normalized spacial score (nSPS) is 25.5. The number of para-hydroxylation sites is 1. The first-order valence-corrected chi connectivity index (χ1v) is 21.5. The maximum Gasteiger partial charge on any atom is 0.408 e. The summed E-state index contributed by atoms with van der Waals surface area (Å²) in [5, 5.41) is 5.76. The molecule has 306 valence electrons. The molecule has 15 nitrogen and oxygen atoms in total. The summed E-state index contributed by atoms with van der Waals surface area (Å²) in [6.07, 6.45) is 6.44. The first-order valence-electron chi connectivity index (χ1n) is 20.0. The number of benzene rings is 2. The molecule has 3 fully saturated rings. The van der Waals surface area contributed by atoms with Crippen LogP contribution in [0.2, 0.25) is 0 Å². The van der Waals surface area contributed by atoms with Crippen molar-refractivity contribution in [2.75, 3.05) is 6.54 Å². The van der Waals surface area contributed by atoms with Crippen molar-refractivity contribution >= 4 is 55.9 Å². The maximum absolute atomic E-state index is 14.7. The summed E-state index contributed by atoms with van der Waals surface area (Å²) in [6.45, 7) is 5.10. The van der Waals surface area contributed by atoms with Crippen LogP contribution in [0, 0.1) is 5.92 Å². The highest BCUT2D eigenvalue weighted by molar-refractivity contribution is 7.91. The molecule has 58 heavy (non-hydrogen) atoms. The molecule has 0 bridgehead atoms. The third-order valence-corrected chi connectivity index (χ3v) is 12.9. The predicted octanol–water partition coefficient (Wildman–Crippen LogP) is 5.29. The molecule has 2 saturated carbocycles. The summed E-state index contributed by atoms with van der Waals surface area (Å²) < 4.78 is 46.4. The number of alkyl carbamates (subject to hydrolysis) is 1. The second kappa shape index (κ2) is 15.3. The van der Waals surface area contributed by atoms with E-state index in [0.29, 0.717) is 48.2 Å². The van der Waals surface area contributed by atoms with Gasteiger partial charge in [0.1, 0.15) is 40.4 Å². The van der Waals surface area contributed by atoms with Gasteiger partial charge in [-0.1, -0.05) is 67.5 Å². The molecule has 0 unspecified atom stereocenters. The summed E-state index contributed by atoms with van der Waals surface area (Å²) in [5.74, 6) is -1.91. The molecular weight excluding hydrogens is 765 g/mol. The molecule has 2 aliphatic carbocycles. The molecule has 4 aliphatic rings.